The van der Waals surface area contributed by atoms with Crippen molar-refractivity contribution < 1.29 is 23.1 Å². The fraction of sp³-hybridized carbons (Fsp3) is 0.429. The molecule has 0 radical (unpaired) electrons. The molecule has 0 atom stereocenters. The van der Waals surface area contributed by atoms with Crippen LogP contribution in [0.5, 0.6) is 0 Å². The van der Waals surface area contributed by atoms with E-state index in [0.717, 1.165) is 17.1 Å². The molecule has 0 fully saturated rings. The van der Waals surface area contributed by atoms with E-state index in [1.807, 2.05) is 6.92 Å². The lowest BCUT2D eigenvalue weighted by molar-refractivity contribution is -0.137. The molecule has 1 aromatic rings. The molecule has 0 spiro atoms. The van der Waals surface area contributed by atoms with Gasteiger partial charge in [-0.25, -0.2) is 8.42 Å². The van der Waals surface area contributed by atoms with Gasteiger partial charge in [0.2, 0.25) is 10.0 Å². The number of hydrogen-bond donors (Lipinski definition) is 1. The number of ketones is 1. The topological polar surface area (TPSA) is 91.8 Å². The fourth-order valence-electron chi connectivity index (χ4n) is 1.75. The highest BCUT2D eigenvalue weighted by atomic mass is 32.2. The van der Waals surface area contributed by atoms with Crippen molar-refractivity contribution in [3.05, 3.63) is 29.8 Å². The molecule has 0 unspecified atom stereocenters. The summed E-state index contributed by atoms with van der Waals surface area (Å²) < 4.78 is 25.0. The Morgan fingerprint density at radius 1 is 1.19 bits per heavy atom. The first kappa shape index (κ1) is 17.3. The zero-order valence-corrected chi connectivity index (χ0v) is 12.9. The first-order chi connectivity index (χ1) is 9.78. The van der Waals surface area contributed by atoms with E-state index >= 15 is 0 Å². The van der Waals surface area contributed by atoms with Crippen molar-refractivity contribution in [3.8, 4) is 0 Å². The molecule has 0 amide bonds. The van der Waals surface area contributed by atoms with Crippen LogP contribution in [-0.4, -0.2) is 43.2 Å². The molecule has 21 heavy (non-hydrogen) atoms. The normalized spacial score (nSPS) is 11.6. The van der Waals surface area contributed by atoms with E-state index in [0.29, 0.717) is 12.0 Å². The van der Waals surface area contributed by atoms with Crippen LogP contribution in [0.3, 0.4) is 0 Å². The Morgan fingerprint density at radius 3 is 2.24 bits per heavy atom. The molecule has 0 aliphatic heterocycles. The number of carbonyl (C=O) groups is 2. The third-order valence-corrected chi connectivity index (χ3v) is 4.82. The highest BCUT2D eigenvalue weighted by Crippen LogP contribution is 2.16. The number of sulfonamides is 1. The molecule has 1 N–H and O–H groups in total. The number of carboxylic acids is 1. The van der Waals surface area contributed by atoms with E-state index in [1.54, 1.807) is 0 Å². The van der Waals surface area contributed by atoms with Crippen LogP contribution in [0.25, 0.3) is 0 Å². The summed E-state index contributed by atoms with van der Waals surface area (Å²) in [6, 6.07) is 5.57. The minimum absolute atomic E-state index is 0.0281. The minimum Gasteiger partial charge on any atom is -0.480 e. The second-order valence-electron chi connectivity index (χ2n) is 4.71. The lowest BCUT2D eigenvalue weighted by Crippen LogP contribution is -2.32. The number of nitrogens with zero attached hydrogens (tertiary/aromatic N) is 1. The Bertz CT molecular complexity index is 607. The average molecular weight is 313 g/mol. The Labute approximate surface area is 124 Å². The van der Waals surface area contributed by atoms with Crippen LogP contribution in [0.15, 0.2) is 29.2 Å². The second-order valence-corrected chi connectivity index (χ2v) is 6.75. The second kappa shape index (κ2) is 7.33. The maximum Gasteiger partial charge on any atom is 0.318 e. The van der Waals surface area contributed by atoms with E-state index < -0.39 is 22.5 Å². The predicted octanol–water partition coefficient (Wildman–Crippen LogP) is 1.76. The number of rotatable bonds is 8. The standard InChI is InChI=1S/C14H19NO5S/c1-3-4-5-13(16)11-6-8-12(9-7-11)21(19,20)15(2)10-14(17)18/h6-9H,3-5,10H2,1-2H3,(H,17,18). The Morgan fingerprint density at radius 2 is 1.76 bits per heavy atom. The highest BCUT2D eigenvalue weighted by Gasteiger charge is 2.22. The van der Waals surface area contributed by atoms with Crippen molar-refractivity contribution >= 4 is 21.8 Å². The largest absolute Gasteiger partial charge is 0.480 e. The summed E-state index contributed by atoms with van der Waals surface area (Å²) in [7, 11) is -2.65. The van der Waals surface area contributed by atoms with Crippen LogP contribution in [0.2, 0.25) is 0 Å². The van der Waals surface area contributed by atoms with Gasteiger partial charge in [0.1, 0.15) is 6.54 Å². The zero-order chi connectivity index (χ0) is 16.0. The number of aliphatic carboxylic acids is 1. The van der Waals surface area contributed by atoms with Gasteiger partial charge in [-0.2, -0.15) is 4.31 Å². The van der Waals surface area contributed by atoms with Gasteiger partial charge in [0.25, 0.3) is 0 Å². The highest BCUT2D eigenvalue weighted by molar-refractivity contribution is 7.89. The summed E-state index contributed by atoms with van der Waals surface area (Å²) in [6.07, 6.45) is 2.14. The molecule has 0 aliphatic carbocycles. The number of benzene rings is 1. The van der Waals surface area contributed by atoms with E-state index in [2.05, 4.69) is 0 Å². The molecule has 0 heterocycles. The lowest BCUT2D eigenvalue weighted by atomic mass is 10.1. The van der Waals surface area contributed by atoms with Crippen molar-refractivity contribution in [2.24, 2.45) is 0 Å². The quantitative estimate of drug-likeness (QED) is 0.738. The molecule has 0 saturated carbocycles. The van der Waals surface area contributed by atoms with E-state index in [1.165, 1.54) is 31.3 Å². The molecule has 1 aromatic carbocycles. The van der Waals surface area contributed by atoms with Gasteiger partial charge in [0.15, 0.2) is 5.78 Å². The van der Waals surface area contributed by atoms with Gasteiger partial charge < -0.3 is 5.11 Å². The third kappa shape index (κ3) is 4.64. The first-order valence-electron chi connectivity index (χ1n) is 6.60. The van der Waals surface area contributed by atoms with Crippen LogP contribution in [0.4, 0.5) is 0 Å². The summed E-state index contributed by atoms with van der Waals surface area (Å²) >= 11 is 0. The summed E-state index contributed by atoms with van der Waals surface area (Å²) in [4.78, 5) is 22.4. The van der Waals surface area contributed by atoms with Crippen molar-refractivity contribution in [1.82, 2.24) is 4.31 Å². The predicted molar refractivity (Wildman–Crippen MR) is 77.7 cm³/mol. The van der Waals surface area contributed by atoms with Crippen molar-refractivity contribution in [1.29, 1.82) is 0 Å². The molecule has 0 bridgehead atoms. The fourth-order valence-corrected chi connectivity index (χ4v) is 2.87. The molecule has 7 heteroatoms. The maximum absolute atomic E-state index is 12.1. The van der Waals surface area contributed by atoms with Gasteiger partial charge in [0, 0.05) is 19.0 Å². The number of carboxylic acid groups (broad SMARTS) is 1. The van der Waals surface area contributed by atoms with Gasteiger partial charge >= 0.3 is 5.97 Å². The SMILES string of the molecule is CCCCC(=O)c1ccc(S(=O)(=O)N(C)CC(=O)O)cc1. The van der Waals surface area contributed by atoms with Crippen LogP contribution in [0.1, 0.15) is 36.5 Å². The number of Topliss-reactive ketones (excluding diaryl/α,β-unsaturated/α-hetero) is 1. The molecule has 0 aliphatic rings. The van der Waals surface area contributed by atoms with Gasteiger partial charge in [-0.1, -0.05) is 25.5 Å². The number of unbranched alkanes of at least 4 members (excludes halogenated alkanes) is 1. The molecule has 0 saturated heterocycles. The van der Waals surface area contributed by atoms with Crippen LogP contribution < -0.4 is 0 Å². The maximum atomic E-state index is 12.1. The minimum atomic E-state index is -3.85. The van der Waals surface area contributed by atoms with Crippen molar-refractivity contribution in [3.63, 3.8) is 0 Å². The van der Waals surface area contributed by atoms with E-state index in [9.17, 15) is 18.0 Å². The number of carbonyl (C=O) groups excluding carboxylic acids is 1. The summed E-state index contributed by atoms with van der Waals surface area (Å²) in [5.74, 6) is -1.26. The van der Waals surface area contributed by atoms with Crippen molar-refractivity contribution in [2.75, 3.05) is 13.6 Å². The van der Waals surface area contributed by atoms with E-state index in [-0.39, 0.29) is 10.7 Å². The summed E-state index contributed by atoms with van der Waals surface area (Å²) in [5.41, 5.74) is 0.461. The number of likely N-dealkylation sites (N-methyl/N-ethyl adjacent to an activating group) is 1. The Hall–Kier alpha value is -1.73. The molecule has 1 rings (SSSR count). The van der Waals surface area contributed by atoms with Crippen LogP contribution in [-0.2, 0) is 14.8 Å². The van der Waals surface area contributed by atoms with Crippen LogP contribution in [0, 0.1) is 0 Å². The Kier molecular flexibility index (Phi) is 6.04. The van der Waals surface area contributed by atoms with Gasteiger partial charge in [-0.15, -0.1) is 0 Å². The smallest absolute Gasteiger partial charge is 0.318 e. The summed E-state index contributed by atoms with van der Waals surface area (Å²) in [5, 5.41) is 8.64. The average Bonchev–Trinajstić information content (AvgIpc) is 2.44. The zero-order valence-electron chi connectivity index (χ0n) is 12.1. The Balaban J connectivity index is 2.91. The van der Waals surface area contributed by atoms with E-state index in [4.69, 9.17) is 5.11 Å². The molecular weight excluding hydrogens is 294 g/mol. The molecule has 116 valence electrons. The number of hydrogen-bond acceptors (Lipinski definition) is 4. The summed E-state index contributed by atoms with van der Waals surface area (Å²) in [6.45, 7) is 1.38. The van der Waals surface area contributed by atoms with Gasteiger partial charge in [-0.3, -0.25) is 9.59 Å². The van der Waals surface area contributed by atoms with Crippen molar-refractivity contribution in [2.45, 2.75) is 31.1 Å². The molecular formula is C14H19NO5S. The van der Waals surface area contributed by atoms with Gasteiger partial charge in [0.05, 0.1) is 4.90 Å². The van der Waals surface area contributed by atoms with Gasteiger partial charge in [-0.05, 0) is 18.6 Å². The lowest BCUT2D eigenvalue weighted by Gasteiger charge is -2.15. The first-order valence-corrected chi connectivity index (χ1v) is 8.04. The molecule has 6 nitrogen and oxygen atoms in total. The van der Waals surface area contributed by atoms with Crippen LogP contribution >= 0.6 is 0 Å². The molecule has 0 aromatic heterocycles. The monoisotopic (exact) mass is 313 g/mol. The third-order valence-electron chi connectivity index (χ3n) is 3.00.